The van der Waals surface area contributed by atoms with Crippen molar-refractivity contribution in [3.8, 4) is 11.5 Å². The molecule has 0 spiro atoms. The van der Waals surface area contributed by atoms with Crippen LogP contribution in [-0.4, -0.2) is 10.2 Å². The first-order chi connectivity index (χ1) is 10.4. The van der Waals surface area contributed by atoms with Crippen LogP contribution in [0.15, 0.2) is 40.5 Å². The van der Waals surface area contributed by atoms with E-state index in [2.05, 4.69) is 26.8 Å². The Hall–Kier alpha value is -2.29. The standard InChI is InChI=1S/C19H22O3/c1-5-12(2)8-13(3)6-7-16-9-15-10-18(20)14(4)19(21)17(15)11-22-16/h6-12H,5H2,1-4H3,(H-,20,21)/p+1/b7-6+,13-8+/t12-/m0/s1. The molecule has 3 nitrogen and oxygen atoms in total. The Morgan fingerprint density at radius 2 is 2.05 bits per heavy atom. The molecule has 0 amide bonds. The number of hydrogen-bond donors (Lipinski definition) is 2. The van der Waals surface area contributed by atoms with Crippen LogP contribution in [0.4, 0.5) is 0 Å². The number of aromatic hydroxyl groups is 2. The Labute approximate surface area is 131 Å². The van der Waals surface area contributed by atoms with Gasteiger partial charge in [-0.25, -0.2) is 4.42 Å². The smallest absolute Gasteiger partial charge is 0.353 e. The molecule has 0 radical (unpaired) electrons. The second-order valence-electron chi connectivity index (χ2n) is 5.78. The van der Waals surface area contributed by atoms with Crippen molar-refractivity contribution in [2.75, 3.05) is 0 Å². The first-order valence-corrected chi connectivity index (χ1v) is 7.56. The molecular formula is C19H23O3+. The zero-order valence-corrected chi connectivity index (χ0v) is 13.6. The number of benzene rings is 1. The molecule has 0 saturated carbocycles. The van der Waals surface area contributed by atoms with Gasteiger partial charge in [0.2, 0.25) is 0 Å². The lowest BCUT2D eigenvalue weighted by Crippen LogP contribution is -1.86. The molecule has 22 heavy (non-hydrogen) atoms. The predicted molar refractivity (Wildman–Crippen MR) is 90.9 cm³/mol. The lowest BCUT2D eigenvalue weighted by Gasteiger charge is -2.03. The van der Waals surface area contributed by atoms with E-state index in [0.29, 0.717) is 22.6 Å². The highest BCUT2D eigenvalue weighted by Gasteiger charge is 2.14. The van der Waals surface area contributed by atoms with E-state index in [9.17, 15) is 10.2 Å². The monoisotopic (exact) mass is 299 g/mol. The number of hydrogen-bond acceptors (Lipinski definition) is 2. The van der Waals surface area contributed by atoms with Crippen molar-refractivity contribution in [1.29, 1.82) is 0 Å². The zero-order chi connectivity index (χ0) is 16.3. The first kappa shape index (κ1) is 16.1. The van der Waals surface area contributed by atoms with Crippen LogP contribution in [0.2, 0.25) is 0 Å². The van der Waals surface area contributed by atoms with Gasteiger partial charge in [-0.15, -0.1) is 0 Å². The summed E-state index contributed by atoms with van der Waals surface area (Å²) in [6.45, 7) is 8.08. The van der Waals surface area contributed by atoms with Crippen molar-refractivity contribution in [3.05, 3.63) is 47.4 Å². The quantitative estimate of drug-likeness (QED) is 0.584. The normalized spacial score (nSPS) is 13.9. The molecule has 3 heteroatoms. The molecule has 116 valence electrons. The van der Waals surface area contributed by atoms with Gasteiger partial charge in [0.15, 0.2) is 0 Å². The highest BCUT2D eigenvalue weighted by atomic mass is 16.3. The molecule has 0 aliphatic heterocycles. The SMILES string of the molecule is CC[C@H](C)/C=C(C)/C=C/c1cc2cc(O)c(C)c(O)c2c[o+]1. The molecule has 0 unspecified atom stereocenters. The van der Waals surface area contributed by atoms with Gasteiger partial charge in [-0.3, -0.25) is 0 Å². The minimum absolute atomic E-state index is 0.0575. The Kier molecular flexibility index (Phi) is 4.86. The summed E-state index contributed by atoms with van der Waals surface area (Å²) in [7, 11) is 0. The van der Waals surface area contributed by atoms with Crippen LogP contribution in [0.25, 0.3) is 16.8 Å². The van der Waals surface area contributed by atoms with Gasteiger partial charge in [0.25, 0.3) is 0 Å². The fraction of sp³-hybridized carbons (Fsp3) is 0.316. The molecule has 0 bridgehead atoms. The molecule has 0 fully saturated rings. The predicted octanol–water partition coefficient (Wildman–Crippen LogP) is 5.44. The third-order valence-corrected chi connectivity index (χ3v) is 3.91. The summed E-state index contributed by atoms with van der Waals surface area (Å²) in [5, 5.41) is 21.2. The van der Waals surface area contributed by atoms with Crippen molar-refractivity contribution in [2.24, 2.45) is 5.92 Å². The van der Waals surface area contributed by atoms with Gasteiger partial charge in [0.05, 0.1) is 6.07 Å². The lowest BCUT2D eigenvalue weighted by atomic mass is 10.0. The maximum atomic E-state index is 10.0. The highest BCUT2D eigenvalue weighted by molar-refractivity contribution is 5.90. The molecule has 1 atom stereocenters. The average Bonchev–Trinajstić information content (AvgIpc) is 2.50. The summed E-state index contributed by atoms with van der Waals surface area (Å²) in [4.78, 5) is 0. The van der Waals surface area contributed by atoms with Crippen molar-refractivity contribution >= 4 is 16.8 Å². The second-order valence-corrected chi connectivity index (χ2v) is 5.78. The molecular weight excluding hydrogens is 276 g/mol. The molecule has 0 aliphatic rings. The van der Waals surface area contributed by atoms with Gasteiger partial charge in [-0.1, -0.05) is 38.0 Å². The van der Waals surface area contributed by atoms with E-state index in [1.165, 1.54) is 11.8 Å². The largest absolute Gasteiger partial charge is 0.508 e. The van der Waals surface area contributed by atoms with Crippen LogP contribution in [-0.2, 0) is 0 Å². The number of phenols is 2. The summed E-state index contributed by atoms with van der Waals surface area (Å²) in [5.41, 5.74) is 1.64. The summed E-state index contributed by atoms with van der Waals surface area (Å²) in [6, 6.07) is 3.44. The fourth-order valence-corrected chi connectivity index (χ4v) is 2.27. The minimum Gasteiger partial charge on any atom is -0.508 e. The van der Waals surface area contributed by atoms with Gasteiger partial charge >= 0.3 is 12.0 Å². The maximum absolute atomic E-state index is 10.0. The Bertz CT molecular complexity index is 742. The number of phenolic OH excluding ortho intramolecular Hbond substituents is 2. The summed E-state index contributed by atoms with van der Waals surface area (Å²) >= 11 is 0. The zero-order valence-electron chi connectivity index (χ0n) is 13.6. The van der Waals surface area contributed by atoms with Gasteiger partial charge in [-0.05, 0) is 25.8 Å². The van der Waals surface area contributed by atoms with E-state index >= 15 is 0 Å². The van der Waals surface area contributed by atoms with Gasteiger partial charge < -0.3 is 10.2 Å². The summed E-state index contributed by atoms with van der Waals surface area (Å²) in [6.07, 6.45) is 8.75. The van der Waals surface area contributed by atoms with Crippen molar-refractivity contribution in [1.82, 2.24) is 0 Å². The number of fused-ring (bicyclic) bond motifs is 1. The van der Waals surface area contributed by atoms with Crippen LogP contribution >= 0.6 is 0 Å². The third-order valence-electron chi connectivity index (χ3n) is 3.91. The summed E-state index contributed by atoms with van der Waals surface area (Å²) < 4.78 is 5.54. The molecule has 0 aliphatic carbocycles. The van der Waals surface area contributed by atoms with Crippen LogP contribution in [0, 0.1) is 12.8 Å². The van der Waals surface area contributed by atoms with Crippen molar-refractivity contribution < 1.29 is 14.6 Å². The Morgan fingerprint density at radius 3 is 2.73 bits per heavy atom. The molecule has 1 aromatic heterocycles. The number of rotatable bonds is 4. The Balaban J connectivity index is 2.34. The van der Waals surface area contributed by atoms with Crippen LogP contribution in [0.5, 0.6) is 11.5 Å². The van der Waals surface area contributed by atoms with E-state index < -0.39 is 0 Å². The highest BCUT2D eigenvalue weighted by Crippen LogP contribution is 2.35. The van der Waals surface area contributed by atoms with Crippen LogP contribution < -0.4 is 0 Å². The topological polar surface area (TPSA) is 51.8 Å². The molecule has 1 heterocycles. The van der Waals surface area contributed by atoms with E-state index in [4.69, 9.17) is 4.42 Å². The number of allylic oxidation sites excluding steroid dienone is 3. The van der Waals surface area contributed by atoms with Gasteiger partial charge in [0, 0.05) is 17.0 Å². The molecule has 0 saturated heterocycles. The van der Waals surface area contributed by atoms with Crippen molar-refractivity contribution in [2.45, 2.75) is 34.1 Å². The third kappa shape index (κ3) is 3.48. The van der Waals surface area contributed by atoms with Crippen molar-refractivity contribution in [3.63, 3.8) is 0 Å². The van der Waals surface area contributed by atoms with Gasteiger partial charge in [-0.2, -0.15) is 0 Å². The van der Waals surface area contributed by atoms with Crippen LogP contribution in [0.1, 0.15) is 38.5 Å². The molecule has 2 aromatic rings. The fourth-order valence-electron chi connectivity index (χ4n) is 2.27. The summed E-state index contributed by atoms with van der Waals surface area (Å²) in [5.74, 6) is 1.36. The molecule has 2 N–H and O–H groups in total. The maximum Gasteiger partial charge on any atom is 0.353 e. The molecule has 2 rings (SSSR count). The lowest BCUT2D eigenvalue weighted by molar-refractivity contribution is 0.446. The second kappa shape index (κ2) is 6.65. The molecule has 1 aromatic carbocycles. The van der Waals surface area contributed by atoms with E-state index in [1.807, 2.05) is 12.2 Å². The van der Waals surface area contributed by atoms with Gasteiger partial charge in [0.1, 0.15) is 16.9 Å². The van der Waals surface area contributed by atoms with E-state index in [-0.39, 0.29) is 11.5 Å². The minimum atomic E-state index is 0.0575. The van der Waals surface area contributed by atoms with Crippen LogP contribution in [0.3, 0.4) is 0 Å². The first-order valence-electron chi connectivity index (χ1n) is 7.56. The Morgan fingerprint density at radius 1 is 1.32 bits per heavy atom. The van der Waals surface area contributed by atoms with E-state index in [0.717, 1.165) is 11.8 Å². The average molecular weight is 299 g/mol. The van der Waals surface area contributed by atoms with E-state index in [1.54, 1.807) is 19.1 Å².